The molecule has 1 aliphatic carbocycles. The highest BCUT2D eigenvalue weighted by Crippen LogP contribution is 2.26. The number of ether oxygens (including phenoxy) is 1. The maximum atomic E-state index is 5.71. The van der Waals surface area contributed by atoms with Crippen molar-refractivity contribution in [2.45, 2.75) is 37.7 Å². The van der Waals surface area contributed by atoms with Crippen LogP contribution in [-0.4, -0.2) is 11.1 Å². The Morgan fingerprint density at radius 2 is 2.31 bits per heavy atom. The first-order valence-electron chi connectivity index (χ1n) is 4.55. The molecule has 0 aliphatic heterocycles. The zero-order chi connectivity index (χ0) is 9.10. The van der Waals surface area contributed by atoms with E-state index in [-0.39, 0.29) is 0 Å². The number of alkyl halides is 1. The second kappa shape index (κ2) is 4.29. The molecule has 2 nitrogen and oxygen atoms in total. The Kier molecular flexibility index (Phi) is 3.06. The molecule has 1 aliphatic rings. The van der Waals surface area contributed by atoms with Crippen LogP contribution in [0, 0.1) is 0 Å². The van der Waals surface area contributed by atoms with Gasteiger partial charge in [0.2, 0.25) is 0 Å². The number of hydrogen-bond donors (Lipinski definition) is 0. The first-order valence-corrected chi connectivity index (χ1v) is 5.97. The van der Waals surface area contributed by atoms with Crippen LogP contribution < -0.4 is 4.74 Å². The lowest BCUT2D eigenvalue weighted by Crippen LogP contribution is -2.10. The van der Waals surface area contributed by atoms with Crippen molar-refractivity contribution < 1.29 is 4.74 Å². The molecule has 1 aromatic heterocycles. The third kappa shape index (κ3) is 2.35. The standard InChI is InChI=1S/C9H12ClNOS/c10-5-7-6-13-9(11-7)12-8-3-1-2-4-8/h6,8H,1-5H2. The van der Waals surface area contributed by atoms with Crippen LogP contribution in [0.3, 0.4) is 0 Å². The average molecular weight is 218 g/mol. The second-order valence-corrected chi connectivity index (χ2v) is 4.35. The van der Waals surface area contributed by atoms with Crippen LogP contribution in [0.25, 0.3) is 0 Å². The van der Waals surface area contributed by atoms with Crippen LogP contribution in [0.1, 0.15) is 31.4 Å². The van der Waals surface area contributed by atoms with Crippen molar-refractivity contribution in [3.63, 3.8) is 0 Å². The van der Waals surface area contributed by atoms with Gasteiger partial charge >= 0.3 is 0 Å². The van der Waals surface area contributed by atoms with E-state index >= 15 is 0 Å². The smallest absolute Gasteiger partial charge is 0.273 e. The fourth-order valence-corrected chi connectivity index (χ4v) is 2.52. The molecule has 1 fully saturated rings. The molecule has 1 heterocycles. The first kappa shape index (κ1) is 9.28. The van der Waals surface area contributed by atoms with Gasteiger partial charge in [0.05, 0.1) is 11.6 Å². The molecular formula is C9H12ClNOS. The summed E-state index contributed by atoms with van der Waals surface area (Å²) >= 11 is 7.19. The number of halogens is 1. The van der Waals surface area contributed by atoms with E-state index in [2.05, 4.69) is 4.98 Å². The summed E-state index contributed by atoms with van der Waals surface area (Å²) in [4.78, 5) is 4.26. The number of rotatable bonds is 3. The molecule has 0 atom stereocenters. The highest BCUT2D eigenvalue weighted by molar-refractivity contribution is 7.11. The molecule has 0 bridgehead atoms. The van der Waals surface area contributed by atoms with Crippen LogP contribution in [0.2, 0.25) is 0 Å². The number of hydrogen-bond acceptors (Lipinski definition) is 3. The van der Waals surface area contributed by atoms with Gasteiger partial charge in [-0.3, -0.25) is 0 Å². The highest BCUT2D eigenvalue weighted by Gasteiger charge is 2.17. The highest BCUT2D eigenvalue weighted by atomic mass is 35.5. The molecule has 0 saturated heterocycles. The fourth-order valence-electron chi connectivity index (χ4n) is 1.55. The van der Waals surface area contributed by atoms with Crippen LogP contribution in [0.5, 0.6) is 5.19 Å². The molecule has 1 aromatic rings. The van der Waals surface area contributed by atoms with Crippen molar-refractivity contribution in [1.82, 2.24) is 4.98 Å². The number of nitrogens with zero attached hydrogens (tertiary/aromatic N) is 1. The summed E-state index contributed by atoms with van der Waals surface area (Å²) in [5.74, 6) is 0.477. The Hall–Kier alpha value is -0.280. The molecule has 2 rings (SSSR count). The Labute approximate surface area is 86.9 Å². The maximum Gasteiger partial charge on any atom is 0.273 e. The van der Waals surface area contributed by atoms with Crippen molar-refractivity contribution in [3.05, 3.63) is 11.1 Å². The molecule has 0 N–H and O–H groups in total. The van der Waals surface area contributed by atoms with Gasteiger partial charge in [0.25, 0.3) is 5.19 Å². The quantitative estimate of drug-likeness (QED) is 0.726. The Balaban J connectivity index is 1.92. The third-order valence-electron chi connectivity index (χ3n) is 2.24. The van der Waals surface area contributed by atoms with E-state index in [9.17, 15) is 0 Å². The summed E-state index contributed by atoms with van der Waals surface area (Å²) in [5, 5.41) is 2.74. The Bertz CT molecular complexity index is 270. The minimum atomic E-state index is 0.398. The van der Waals surface area contributed by atoms with Gasteiger partial charge in [0.15, 0.2) is 0 Å². The van der Waals surface area contributed by atoms with Gasteiger partial charge in [-0.05, 0) is 25.7 Å². The maximum absolute atomic E-state index is 5.71. The normalized spacial score (nSPS) is 17.9. The van der Waals surface area contributed by atoms with Crippen molar-refractivity contribution >= 4 is 22.9 Å². The van der Waals surface area contributed by atoms with Gasteiger partial charge in [0, 0.05) is 5.38 Å². The van der Waals surface area contributed by atoms with Crippen LogP contribution in [0.15, 0.2) is 5.38 Å². The summed E-state index contributed by atoms with van der Waals surface area (Å²) in [7, 11) is 0. The van der Waals surface area contributed by atoms with Crippen LogP contribution >= 0.6 is 22.9 Å². The monoisotopic (exact) mass is 217 g/mol. The molecule has 0 aromatic carbocycles. The lowest BCUT2D eigenvalue weighted by atomic mass is 10.3. The van der Waals surface area contributed by atoms with Gasteiger partial charge in [-0.1, -0.05) is 11.3 Å². The van der Waals surface area contributed by atoms with E-state index < -0.39 is 0 Å². The largest absolute Gasteiger partial charge is 0.467 e. The molecule has 1 saturated carbocycles. The predicted molar refractivity (Wildman–Crippen MR) is 54.6 cm³/mol. The topological polar surface area (TPSA) is 22.1 Å². The Morgan fingerprint density at radius 3 is 2.92 bits per heavy atom. The van der Waals surface area contributed by atoms with Gasteiger partial charge in [-0.25, -0.2) is 4.98 Å². The van der Waals surface area contributed by atoms with Crippen molar-refractivity contribution in [1.29, 1.82) is 0 Å². The summed E-state index contributed by atoms with van der Waals surface area (Å²) in [6.07, 6.45) is 5.33. The SMILES string of the molecule is ClCc1csc(OC2CCCC2)n1. The lowest BCUT2D eigenvalue weighted by Gasteiger charge is -2.08. The molecule has 0 amide bonds. The van der Waals surface area contributed by atoms with Crippen molar-refractivity contribution in [3.8, 4) is 5.19 Å². The van der Waals surface area contributed by atoms with Crippen LogP contribution in [0.4, 0.5) is 0 Å². The van der Waals surface area contributed by atoms with E-state index in [4.69, 9.17) is 16.3 Å². The summed E-state index contributed by atoms with van der Waals surface area (Å²) in [6, 6.07) is 0. The fraction of sp³-hybridized carbons (Fsp3) is 0.667. The minimum absolute atomic E-state index is 0.398. The number of thiazole rings is 1. The number of aromatic nitrogens is 1. The molecule has 0 radical (unpaired) electrons. The van der Waals surface area contributed by atoms with E-state index in [1.54, 1.807) is 11.3 Å². The first-order chi connectivity index (χ1) is 6.38. The van der Waals surface area contributed by atoms with E-state index in [0.717, 1.165) is 10.9 Å². The van der Waals surface area contributed by atoms with E-state index in [1.807, 2.05) is 5.38 Å². The summed E-state index contributed by atoms with van der Waals surface area (Å²) in [6.45, 7) is 0. The lowest BCUT2D eigenvalue weighted by molar-refractivity contribution is 0.209. The zero-order valence-corrected chi connectivity index (χ0v) is 8.90. The van der Waals surface area contributed by atoms with Crippen molar-refractivity contribution in [2.75, 3.05) is 0 Å². The molecule has 72 valence electrons. The summed E-state index contributed by atoms with van der Waals surface area (Å²) < 4.78 is 5.71. The van der Waals surface area contributed by atoms with Gasteiger partial charge < -0.3 is 4.74 Å². The van der Waals surface area contributed by atoms with Gasteiger partial charge in [-0.2, -0.15) is 0 Å². The minimum Gasteiger partial charge on any atom is -0.467 e. The molecular weight excluding hydrogens is 206 g/mol. The molecule has 4 heteroatoms. The van der Waals surface area contributed by atoms with Crippen LogP contribution in [-0.2, 0) is 5.88 Å². The van der Waals surface area contributed by atoms with E-state index in [0.29, 0.717) is 12.0 Å². The second-order valence-electron chi connectivity index (χ2n) is 3.26. The van der Waals surface area contributed by atoms with Gasteiger partial charge in [0.1, 0.15) is 6.10 Å². The molecule has 13 heavy (non-hydrogen) atoms. The zero-order valence-electron chi connectivity index (χ0n) is 7.33. The average Bonchev–Trinajstić information content (AvgIpc) is 2.76. The third-order valence-corrected chi connectivity index (χ3v) is 3.29. The molecule has 0 unspecified atom stereocenters. The predicted octanol–water partition coefficient (Wildman–Crippen LogP) is 3.20. The van der Waals surface area contributed by atoms with Gasteiger partial charge in [-0.15, -0.1) is 11.6 Å². The van der Waals surface area contributed by atoms with E-state index in [1.165, 1.54) is 25.7 Å². The summed E-state index contributed by atoms with van der Waals surface area (Å²) in [5.41, 5.74) is 0.916. The molecule has 0 spiro atoms. The Morgan fingerprint density at radius 1 is 1.54 bits per heavy atom. The van der Waals surface area contributed by atoms with Crippen molar-refractivity contribution in [2.24, 2.45) is 0 Å².